The number of carbonyl (C=O) groups excluding carboxylic acids is 2. The molecule has 3 aliphatic rings. The minimum atomic E-state index is 0. The molecule has 6 nitrogen and oxygen atoms in total. The van der Waals surface area contributed by atoms with Crippen molar-refractivity contribution in [3.05, 3.63) is 0 Å². The van der Waals surface area contributed by atoms with Gasteiger partial charge in [-0.3, -0.25) is 14.5 Å². The van der Waals surface area contributed by atoms with Crippen molar-refractivity contribution in [2.24, 2.45) is 11.8 Å². The molecule has 2 amide bonds. The molecule has 27 heavy (non-hydrogen) atoms. The van der Waals surface area contributed by atoms with Crippen LogP contribution in [-0.4, -0.2) is 85.4 Å². The number of halogens is 1. The Balaban J connectivity index is 0.00000261. The SMILES string of the molecule is CNC1CCCN(CC(=O)N2CCC(C(=O)N3CCCC(C)C3)CC2)C1.Cl. The second-order valence-electron chi connectivity index (χ2n) is 8.55. The van der Waals surface area contributed by atoms with Crippen molar-refractivity contribution in [3.63, 3.8) is 0 Å². The van der Waals surface area contributed by atoms with Crippen molar-refractivity contribution >= 4 is 24.2 Å². The minimum Gasteiger partial charge on any atom is -0.342 e. The molecule has 0 aromatic rings. The zero-order valence-electron chi connectivity index (χ0n) is 17.0. The van der Waals surface area contributed by atoms with Crippen molar-refractivity contribution in [2.75, 3.05) is 52.9 Å². The number of nitrogens with one attached hydrogen (secondary N) is 1. The Hall–Kier alpha value is -0.850. The fourth-order valence-electron chi connectivity index (χ4n) is 4.75. The van der Waals surface area contributed by atoms with Gasteiger partial charge in [0.25, 0.3) is 0 Å². The summed E-state index contributed by atoms with van der Waals surface area (Å²) in [5, 5.41) is 3.33. The van der Waals surface area contributed by atoms with Crippen LogP contribution in [0.25, 0.3) is 0 Å². The third-order valence-electron chi connectivity index (χ3n) is 6.44. The number of rotatable bonds is 4. The van der Waals surface area contributed by atoms with E-state index in [1.165, 1.54) is 12.8 Å². The molecule has 156 valence electrons. The third kappa shape index (κ3) is 6.06. The molecule has 1 N–H and O–H groups in total. The van der Waals surface area contributed by atoms with Crippen LogP contribution in [-0.2, 0) is 9.59 Å². The lowest BCUT2D eigenvalue weighted by molar-refractivity contribution is -0.142. The van der Waals surface area contributed by atoms with Crippen LogP contribution in [0.15, 0.2) is 0 Å². The topological polar surface area (TPSA) is 55.9 Å². The molecule has 3 heterocycles. The van der Waals surface area contributed by atoms with Crippen molar-refractivity contribution in [2.45, 2.75) is 51.5 Å². The van der Waals surface area contributed by atoms with Gasteiger partial charge in [0.1, 0.15) is 0 Å². The summed E-state index contributed by atoms with van der Waals surface area (Å²) in [4.78, 5) is 31.7. The molecule has 0 aliphatic carbocycles. The van der Waals surface area contributed by atoms with Crippen LogP contribution >= 0.6 is 12.4 Å². The number of nitrogens with zero attached hydrogens (tertiary/aromatic N) is 3. The van der Waals surface area contributed by atoms with Gasteiger partial charge < -0.3 is 15.1 Å². The summed E-state index contributed by atoms with van der Waals surface area (Å²) in [6, 6.07) is 0.506. The van der Waals surface area contributed by atoms with E-state index in [0.717, 1.165) is 65.0 Å². The first kappa shape index (κ1) is 22.4. The molecule has 0 aromatic heterocycles. The van der Waals surface area contributed by atoms with Gasteiger partial charge in [-0.1, -0.05) is 6.92 Å². The van der Waals surface area contributed by atoms with E-state index in [4.69, 9.17) is 0 Å². The highest BCUT2D eigenvalue weighted by Crippen LogP contribution is 2.24. The summed E-state index contributed by atoms with van der Waals surface area (Å²) >= 11 is 0. The van der Waals surface area contributed by atoms with E-state index in [1.54, 1.807) is 0 Å². The maximum atomic E-state index is 12.8. The van der Waals surface area contributed by atoms with E-state index < -0.39 is 0 Å². The fourth-order valence-corrected chi connectivity index (χ4v) is 4.75. The summed E-state index contributed by atoms with van der Waals surface area (Å²) < 4.78 is 0. The smallest absolute Gasteiger partial charge is 0.236 e. The Bertz CT molecular complexity index is 496. The van der Waals surface area contributed by atoms with Crippen LogP contribution in [0.5, 0.6) is 0 Å². The van der Waals surface area contributed by atoms with Gasteiger partial charge >= 0.3 is 0 Å². The predicted octanol–water partition coefficient (Wildman–Crippen LogP) is 1.59. The summed E-state index contributed by atoms with van der Waals surface area (Å²) in [5.41, 5.74) is 0. The van der Waals surface area contributed by atoms with E-state index >= 15 is 0 Å². The molecule has 0 spiro atoms. The standard InChI is InChI=1S/C20H36N4O2.ClH/c1-16-5-3-10-24(13-16)20(26)17-7-11-23(12-8-17)19(25)15-22-9-4-6-18(14-22)21-2;/h16-18,21H,3-15H2,1-2H3;1H. The van der Waals surface area contributed by atoms with Crippen LogP contribution in [0.1, 0.15) is 45.4 Å². The number of hydrogen-bond acceptors (Lipinski definition) is 4. The first-order valence-electron chi connectivity index (χ1n) is 10.5. The van der Waals surface area contributed by atoms with Gasteiger partial charge in [-0.05, 0) is 58.0 Å². The van der Waals surface area contributed by atoms with Crippen molar-refractivity contribution < 1.29 is 9.59 Å². The maximum Gasteiger partial charge on any atom is 0.236 e. The highest BCUT2D eigenvalue weighted by molar-refractivity contribution is 5.85. The van der Waals surface area contributed by atoms with Crippen LogP contribution < -0.4 is 5.32 Å². The van der Waals surface area contributed by atoms with Crippen LogP contribution in [0.2, 0.25) is 0 Å². The number of carbonyl (C=O) groups is 2. The molecule has 0 radical (unpaired) electrons. The summed E-state index contributed by atoms with van der Waals surface area (Å²) in [6.45, 7) is 8.06. The van der Waals surface area contributed by atoms with Crippen molar-refractivity contribution in [3.8, 4) is 0 Å². The van der Waals surface area contributed by atoms with E-state index in [-0.39, 0.29) is 24.2 Å². The Morgan fingerprint density at radius 1 is 0.926 bits per heavy atom. The fraction of sp³-hybridized carbons (Fsp3) is 0.900. The molecule has 7 heteroatoms. The second-order valence-corrected chi connectivity index (χ2v) is 8.55. The Labute approximate surface area is 170 Å². The molecule has 0 saturated carbocycles. The Morgan fingerprint density at radius 3 is 2.30 bits per heavy atom. The van der Waals surface area contributed by atoms with Gasteiger partial charge in [-0.2, -0.15) is 0 Å². The first-order valence-corrected chi connectivity index (χ1v) is 10.5. The van der Waals surface area contributed by atoms with E-state index in [9.17, 15) is 9.59 Å². The Kier molecular flexibility index (Phi) is 8.83. The summed E-state index contributed by atoms with van der Waals surface area (Å²) in [6.07, 6.45) is 6.38. The lowest BCUT2D eigenvalue weighted by Gasteiger charge is -2.38. The van der Waals surface area contributed by atoms with E-state index in [1.807, 2.05) is 11.9 Å². The number of hydrogen-bond donors (Lipinski definition) is 1. The van der Waals surface area contributed by atoms with Crippen molar-refractivity contribution in [1.29, 1.82) is 0 Å². The molecular formula is C20H37ClN4O2. The quantitative estimate of drug-likeness (QED) is 0.778. The monoisotopic (exact) mass is 400 g/mol. The van der Waals surface area contributed by atoms with E-state index in [2.05, 4.69) is 22.0 Å². The molecular weight excluding hydrogens is 364 g/mol. The lowest BCUT2D eigenvalue weighted by Crippen LogP contribution is -2.51. The van der Waals surface area contributed by atoms with Crippen molar-refractivity contribution in [1.82, 2.24) is 20.0 Å². The van der Waals surface area contributed by atoms with Gasteiger partial charge in [0.05, 0.1) is 6.54 Å². The number of piperidine rings is 3. The maximum absolute atomic E-state index is 12.8. The number of likely N-dealkylation sites (tertiary alicyclic amines) is 3. The molecule has 3 saturated heterocycles. The summed E-state index contributed by atoms with van der Waals surface area (Å²) in [5.74, 6) is 1.31. The molecule has 2 atom stereocenters. The number of amides is 2. The molecule has 3 rings (SSSR count). The van der Waals surface area contributed by atoms with Crippen LogP contribution in [0.4, 0.5) is 0 Å². The minimum absolute atomic E-state index is 0. The molecule has 0 aromatic carbocycles. The molecule has 3 aliphatic heterocycles. The predicted molar refractivity (Wildman–Crippen MR) is 110 cm³/mol. The Morgan fingerprint density at radius 2 is 1.63 bits per heavy atom. The normalized spacial score (nSPS) is 27.9. The van der Waals surface area contributed by atoms with Crippen LogP contribution in [0.3, 0.4) is 0 Å². The average molecular weight is 401 g/mol. The average Bonchev–Trinajstić information content (AvgIpc) is 2.67. The van der Waals surface area contributed by atoms with Gasteiger partial charge in [0.2, 0.25) is 11.8 Å². The van der Waals surface area contributed by atoms with Gasteiger partial charge in [0, 0.05) is 44.7 Å². The molecule has 3 fully saturated rings. The van der Waals surface area contributed by atoms with Crippen LogP contribution in [0, 0.1) is 11.8 Å². The van der Waals surface area contributed by atoms with E-state index in [0.29, 0.717) is 24.4 Å². The summed E-state index contributed by atoms with van der Waals surface area (Å²) in [7, 11) is 2.00. The highest BCUT2D eigenvalue weighted by Gasteiger charge is 2.32. The largest absolute Gasteiger partial charge is 0.342 e. The zero-order valence-corrected chi connectivity index (χ0v) is 17.8. The first-order chi connectivity index (χ1) is 12.6. The molecule has 0 bridgehead atoms. The lowest BCUT2D eigenvalue weighted by atomic mass is 9.92. The molecule has 2 unspecified atom stereocenters. The third-order valence-corrected chi connectivity index (χ3v) is 6.44. The van der Waals surface area contributed by atoms with Gasteiger partial charge in [-0.15, -0.1) is 12.4 Å². The number of likely N-dealkylation sites (N-methyl/N-ethyl adjacent to an activating group) is 1. The zero-order chi connectivity index (χ0) is 18.5. The van der Waals surface area contributed by atoms with Gasteiger partial charge in [-0.25, -0.2) is 0 Å². The highest BCUT2D eigenvalue weighted by atomic mass is 35.5. The second kappa shape index (κ2) is 10.6. The van der Waals surface area contributed by atoms with Gasteiger partial charge in [0.15, 0.2) is 0 Å².